The number of carbonyl (C=O) groups is 1. The highest BCUT2D eigenvalue weighted by atomic mass is 35.5. The maximum absolute atomic E-state index is 12.2. The van der Waals surface area contributed by atoms with Crippen LogP contribution in [0.1, 0.15) is 16.1 Å². The smallest absolute Gasteiger partial charge is 0.238 e. The lowest BCUT2D eigenvalue weighted by atomic mass is 10.1. The fourth-order valence-corrected chi connectivity index (χ4v) is 2.42. The fourth-order valence-electron chi connectivity index (χ4n) is 2.22. The van der Waals surface area contributed by atoms with Gasteiger partial charge in [0.25, 0.3) is 0 Å². The second-order valence-electron chi connectivity index (χ2n) is 4.90. The fraction of sp³-hybridized carbons (Fsp3) is 0.0556. The van der Waals surface area contributed by atoms with E-state index in [2.05, 4.69) is 4.98 Å². The van der Waals surface area contributed by atoms with Crippen LogP contribution in [-0.2, 0) is 0 Å². The van der Waals surface area contributed by atoms with E-state index in [9.17, 15) is 10.1 Å². The van der Waals surface area contributed by atoms with E-state index in [0.29, 0.717) is 16.8 Å². The van der Waals surface area contributed by atoms with Crippen LogP contribution >= 0.6 is 11.6 Å². The average molecular weight is 339 g/mol. The summed E-state index contributed by atoms with van der Waals surface area (Å²) in [4.78, 5) is 16.5. The number of carbonyl (C=O) groups excluding carboxylic acids is 1. The predicted octanol–water partition coefficient (Wildman–Crippen LogP) is 4.28. The number of furan rings is 1. The SMILES string of the molecule is COc1ccc2nc(Cl)c(/C=C(\C#N)C(=O)c3ccco3)cc2c1. The van der Waals surface area contributed by atoms with E-state index in [1.807, 2.05) is 6.07 Å². The number of nitriles is 1. The van der Waals surface area contributed by atoms with Crippen molar-refractivity contribution in [1.82, 2.24) is 4.98 Å². The van der Waals surface area contributed by atoms with Crippen LogP contribution in [0.2, 0.25) is 5.15 Å². The molecule has 6 heteroatoms. The zero-order chi connectivity index (χ0) is 17.1. The number of nitrogens with zero attached hydrogens (tertiary/aromatic N) is 2. The Hall–Kier alpha value is -3.10. The Kier molecular flexibility index (Phi) is 4.32. The van der Waals surface area contributed by atoms with Crippen molar-refractivity contribution in [1.29, 1.82) is 5.26 Å². The topological polar surface area (TPSA) is 76.1 Å². The van der Waals surface area contributed by atoms with E-state index in [-0.39, 0.29) is 16.5 Å². The summed E-state index contributed by atoms with van der Waals surface area (Å²) in [5, 5.41) is 10.3. The van der Waals surface area contributed by atoms with Crippen LogP contribution in [0.15, 0.2) is 52.7 Å². The van der Waals surface area contributed by atoms with Crippen molar-refractivity contribution < 1.29 is 13.9 Å². The summed E-state index contributed by atoms with van der Waals surface area (Å²) in [7, 11) is 1.57. The van der Waals surface area contributed by atoms with Crippen molar-refractivity contribution in [2.75, 3.05) is 7.11 Å². The standard InChI is InChI=1S/C18H11ClN2O3/c1-23-14-4-5-15-11(9-14)7-12(18(19)21-15)8-13(10-20)17(22)16-3-2-6-24-16/h2-9H,1H3/b13-8+. The van der Waals surface area contributed by atoms with Gasteiger partial charge in [0, 0.05) is 10.9 Å². The molecular weight excluding hydrogens is 328 g/mol. The van der Waals surface area contributed by atoms with E-state index in [0.717, 1.165) is 5.39 Å². The number of methoxy groups -OCH3 is 1. The van der Waals surface area contributed by atoms with E-state index in [1.54, 1.807) is 37.4 Å². The number of benzene rings is 1. The Labute approximate surface area is 142 Å². The van der Waals surface area contributed by atoms with Gasteiger partial charge in [0.1, 0.15) is 22.5 Å². The number of fused-ring (bicyclic) bond motifs is 1. The van der Waals surface area contributed by atoms with Crippen LogP contribution in [0, 0.1) is 11.3 Å². The molecule has 24 heavy (non-hydrogen) atoms. The highest BCUT2D eigenvalue weighted by molar-refractivity contribution is 6.31. The third kappa shape index (κ3) is 3.00. The molecule has 1 aromatic carbocycles. The molecule has 0 N–H and O–H groups in total. The number of pyridine rings is 1. The van der Waals surface area contributed by atoms with Crippen LogP contribution in [-0.4, -0.2) is 17.9 Å². The summed E-state index contributed by atoms with van der Waals surface area (Å²) in [5.74, 6) is 0.257. The van der Waals surface area contributed by atoms with E-state index < -0.39 is 5.78 Å². The van der Waals surface area contributed by atoms with Gasteiger partial charge < -0.3 is 9.15 Å². The number of hydrogen-bond acceptors (Lipinski definition) is 5. The average Bonchev–Trinajstić information content (AvgIpc) is 3.13. The number of ether oxygens (including phenoxy) is 1. The Morgan fingerprint density at radius 3 is 2.88 bits per heavy atom. The third-order valence-corrected chi connectivity index (χ3v) is 3.72. The van der Waals surface area contributed by atoms with Crippen LogP contribution < -0.4 is 4.74 Å². The second-order valence-corrected chi connectivity index (χ2v) is 5.26. The van der Waals surface area contributed by atoms with Gasteiger partial charge in [0.2, 0.25) is 5.78 Å². The number of ketones is 1. The lowest BCUT2D eigenvalue weighted by Crippen LogP contribution is -2.00. The normalized spacial score (nSPS) is 11.3. The van der Waals surface area contributed by atoms with Crippen molar-refractivity contribution in [2.45, 2.75) is 0 Å². The molecule has 0 atom stereocenters. The molecule has 0 saturated heterocycles. The lowest BCUT2D eigenvalue weighted by Gasteiger charge is -2.05. The van der Waals surface area contributed by atoms with Gasteiger partial charge in [-0.05, 0) is 42.5 Å². The van der Waals surface area contributed by atoms with E-state index >= 15 is 0 Å². The summed E-state index contributed by atoms with van der Waals surface area (Å²) in [5.41, 5.74) is 1.07. The zero-order valence-corrected chi connectivity index (χ0v) is 13.4. The number of allylic oxidation sites excluding steroid dienone is 1. The molecule has 3 rings (SSSR count). The zero-order valence-electron chi connectivity index (χ0n) is 12.6. The van der Waals surface area contributed by atoms with Gasteiger partial charge in [0.05, 0.1) is 18.9 Å². The number of halogens is 1. The first-order valence-electron chi connectivity index (χ1n) is 6.96. The molecule has 0 unspecified atom stereocenters. The van der Waals surface area contributed by atoms with Crippen molar-refractivity contribution in [2.24, 2.45) is 0 Å². The van der Waals surface area contributed by atoms with Gasteiger partial charge in [-0.15, -0.1) is 0 Å². The largest absolute Gasteiger partial charge is 0.497 e. The summed E-state index contributed by atoms with van der Waals surface area (Å²) in [6, 6.07) is 12.1. The van der Waals surface area contributed by atoms with Crippen molar-refractivity contribution in [3.8, 4) is 11.8 Å². The van der Waals surface area contributed by atoms with Crippen molar-refractivity contribution in [3.63, 3.8) is 0 Å². The van der Waals surface area contributed by atoms with Crippen molar-refractivity contribution >= 4 is 34.4 Å². The molecule has 3 aromatic rings. The molecule has 5 nitrogen and oxygen atoms in total. The van der Waals surface area contributed by atoms with Gasteiger partial charge in [-0.2, -0.15) is 5.26 Å². The van der Waals surface area contributed by atoms with Gasteiger partial charge in [-0.3, -0.25) is 4.79 Å². The Bertz CT molecular complexity index is 985. The highest BCUT2D eigenvalue weighted by Crippen LogP contribution is 2.26. The van der Waals surface area contributed by atoms with Crippen LogP contribution in [0.4, 0.5) is 0 Å². The van der Waals surface area contributed by atoms with Gasteiger partial charge >= 0.3 is 0 Å². The molecule has 2 heterocycles. The molecular formula is C18H11ClN2O3. The van der Waals surface area contributed by atoms with Crippen LogP contribution in [0.3, 0.4) is 0 Å². The Balaban J connectivity index is 2.08. The maximum atomic E-state index is 12.2. The molecule has 0 saturated carbocycles. The summed E-state index contributed by atoms with van der Waals surface area (Å²) in [6.45, 7) is 0. The first-order chi connectivity index (χ1) is 11.6. The number of aromatic nitrogens is 1. The molecule has 118 valence electrons. The molecule has 0 bridgehead atoms. The van der Waals surface area contributed by atoms with Gasteiger partial charge in [-0.1, -0.05) is 11.6 Å². The number of Topliss-reactive ketones (excluding diaryl/α,β-unsaturated/α-hetero) is 1. The monoisotopic (exact) mass is 338 g/mol. The maximum Gasteiger partial charge on any atom is 0.238 e. The number of hydrogen-bond donors (Lipinski definition) is 0. The summed E-state index contributed by atoms with van der Waals surface area (Å²) in [6.07, 6.45) is 2.78. The minimum Gasteiger partial charge on any atom is -0.497 e. The molecule has 0 aliphatic carbocycles. The third-order valence-electron chi connectivity index (χ3n) is 3.41. The molecule has 0 aliphatic rings. The minimum absolute atomic E-state index is 0.0871. The lowest BCUT2D eigenvalue weighted by molar-refractivity contribution is 0.101. The van der Waals surface area contributed by atoms with E-state index in [1.165, 1.54) is 18.4 Å². The molecule has 0 radical (unpaired) electrons. The Morgan fingerprint density at radius 1 is 1.38 bits per heavy atom. The minimum atomic E-state index is -0.510. The summed E-state index contributed by atoms with van der Waals surface area (Å²) >= 11 is 6.18. The van der Waals surface area contributed by atoms with Crippen molar-refractivity contribution in [3.05, 3.63) is 64.7 Å². The number of rotatable bonds is 4. The predicted molar refractivity (Wildman–Crippen MR) is 89.9 cm³/mol. The van der Waals surface area contributed by atoms with Crippen LogP contribution in [0.5, 0.6) is 5.75 Å². The Morgan fingerprint density at radius 2 is 2.21 bits per heavy atom. The molecule has 0 aliphatic heterocycles. The van der Waals surface area contributed by atoms with Gasteiger partial charge in [0.15, 0.2) is 5.76 Å². The van der Waals surface area contributed by atoms with Gasteiger partial charge in [-0.25, -0.2) is 4.98 Å². The molecule has 0 amide bonds. The molecule has 0 fully saturated rings. The van der Waals surface area contributed by atoms with E-state index in [4.69, 9.17) is 20.8 Å². The first kappa shape index (κ1) is 15.8. The second kappa shape index (κ2) is 6.57. The van der Waals surface area contributed by atoms with Crippen LogP contribution in [0.25, 0.3) is 17.0 Å². The summed E-state index contributed by atoms with van der Waals surface area (Å²) < 4.78 is 10.2. The molecule has 0 spiro atoms. The first-order valence-corrected chi connectivity index (χ1v) is 7.34. The molecule has 2 aromatic heterocycles. The quantitative estimate of drug-likeness (QED) is 0.307. The highest BCUT2D eigenvalue weighted by Gasteiger charge is 2.16.